The van der Waals surface area contributed by atoms with Gasteiger partial charge < -0.3 is 19.3 Å². The lowest BCUT2D eigenvalue weighted by Crippen LogP contribution is -2.62. The van der Waals surface area contributed by atoms with Gasteiger partial charge in [0.1, 0.15) is 24.9 Å². The predicted molar refractivity (Wildman–Crippen MR) is 129 cm³/mol. The van der Waals surface area contributed by atoms with Gasteiger partial charge in [-0.2, -0.15) is 0 Å². The van der Waals surface area contributed by atoms with E-state index < -0.39 is 48.1 Å². The first kappa shape index (κ1) is 24.4. The molecule has 0 radical (unpaired) electrons. The molecule has 188 valence electrons. The molecule has 0 aliphatic carbocycles. The third-order valence-electron chi connectivity index (χ3n) is 6.38. The SMILES string of the molecule is O=C(OC[C@H]1OC[C@H](N2C(=O)c3ccccc3C2=O)[C@@H](OC(=O)c2ccccc2)[C@@H]1O)c1ccccc1. The summed E-state index contributed by atoms with van der Waals surface area (Å²) in [7, 11) is 0. The van der Waals surface area contributed by atoms with Crippen LogP contribution >= 0.6 is 0 Å². The van der Waals surface area contributed by atoms with Gasteiger partial charge in [0.05, 0.1) is 28.9 Å². The largest absolute Gasteiger partial charge is 0.459 e. The maximum atomic E-state index is 13.1. The highest BCUT2D eigenvalue weighted by molar-refractivity contribution is 6.21. The zero-order valence-corrected chi connectivity index (χ0v) is 19.6. The monoisotopic (exact) mass is 501 g/mol. The molecule has 37 heavy (non-hydrogen) atoms. The molecule has 0 spiro atoms. The van der Waals surface area contributed by atoms with Crippen molar-refractivity contribution in [2.75, 3.05) is 13.2 Å². The molecule has 1 saturated heterocycles. The lowest BCUT2D eigenvalue weighted by atomic mass is 9.96. The summed E-state index contributed by atoms with van der Waals surface area (Å²) < 4.78 is 16.7. The molecule has 2 aliphatic heterocycles. The molecule has 1 fully saturated rings. The van der Waals surface area contributed by atoms with Crippen molar-refractivity contribution >= 4 is 23.8 Å². The maximum Gasteiger partial charge on any atom is 0.338 e. The first-order valence-corrected chi connectivity index (χ1v) is 11.7. The van der Waals surface area contributed by atoms with Crippen molar-refractivity contribution in [3.05, 3.63) is 107 Å². The highest BCUT2D eigenvalue weighted by Crippen LogP contribution is 2.31. The van der Waals surface area contributed by atoms with E-state index in [1.54, 1.807) is 72.8 Å². The second kappa shape index (κ2) is 10.3. The van der Waals surface area contributed by atoms with Crippen molar-refractivity contribution in [2.24, 2.45) is 0 Å². The Bertz CT molecular complexity index is 1290. The van der Waals surface area contributed by atoms with E-state index in [-0.39, 0.29) is 29.9 Å². The Morgan fingerprint density at radius 1 is 0.811 bits per heavy atom. The Morgan fingerprint density at radius 2 is 1.32 bits per heavy atom. The Morgan fingerprint density at radius 3 is 1.89 bits per heavy atom. The Labute approximate surface area is 212 Å². The quantitative estimate of drug-likeness (QED) is 0.404. The number of benzene rings is 3. The van der Waals surface area contributed by atoms with Gasteiger partial charge in [0.25, 0.3) is 11.8 Å². The van der Waals surface area contributed by atoms with Crippen LogP contribution in [0.5, 0.6) is 0 Å². The van der Waals surface area contributed by atoms with Gasteiger partial charge in [0, 0.05) is 0 Å². The second-order valence-electron chi connectivity index (χ2n) is 8.66. The number of imide groups is 1. The Hall–Kier alpha value is -4.34. The van der Waals surface area contributed by atoms with Gasteiger partial charge in [0.2, 0.25) is 0 Å². The molecule has 0 aromatic heterocycles. The summed E-state index contributed by atoms with van der Waals surface area (Å²) in [5, 5.41) is 11.2. The molecular weight excluding hydrogens is 478 g/mol. The fraction of sp³-hybridized carbons (Fsp3) is 0.214. The number of aliphatic hydroxyl groups excluding tert-OH is 1. The standard InChI is InChI=1S/C28H23NO8/c30-23-22(16-36-27(33)17-9-3-1-4-10-17)35-15-21(24(23)37-28(34)18-11-5-2-6-12-18)29-25(31)19-13-7-8-14-20(19)26(29)32/h1-14,21-24,30H,15-16H2/t21-,22+,23+,24+/m0/s1. The van der Waals surface area contributed by atoms with E-state index in [1.807, 2.05) is 0 Å². The minimum atomic E-state index is -1.50. The molecule has 2 amide bonds. The molecular formula is C28H23NO8. The molecule has 3 aromatic rings. The van der Waals surface area contributed by atoms with E-state index in [1.165, 1.54) is 12.1 Å². The first-order valence-electron chi connectivity index (χ1n) is 11.7. The van der Waals surface area contributed by atoms with Crippen LogP contribution in [0.4, 0.5) is 0 Å². The molecule has 3 aromatic carbocycles. The number of hydrogen-bond donors (Lipinski definition) is 1. The fourth-order valence-electron chi connectivity index (χ4n) is 4.46. The summed E-state index contributed by atoms with van der Waals surface area (Å²) in [4.78, 5) is 52.5. The summed E-state index contributed by atoms with van der Waals surface area (Å²) in [6, 6.07) is 21.7. The average Bonchev–Trinajstić information content (AvgIpc) is 3.19. The topological polar surface area (TPSA) is 119 Å². The molecule has 9 nitrogen and oxygen atoms in total. The van der Waals surface area contributed by atoms with Gasteiger partial charge in [-0.3, -0.25) is 14.5 Å². The van der Waals surface area contributed by atoms with E-state index in [9.17, 15) is 24.3 Å². The van der Waals surface area contributed by atoms with Gasteiger partial charge in [-0.15, -0.1) is 0 Å². The molecule has 5 rings (SSSR count). The number of esters is 2. The number of carbonyl (C=O) groups is 4. The van der Waals surface area contributed by atoms with Crippen molar-refractivity contribution < 1.29 is 38.5 Å². The lowest BCUT2D eigenvalue weighted by molar-refractivity contribution is -0.173. The van der Waals surface area contributed by atoms with Gasteiger partial charge in [-0.25, -0.2) is 9.59 Å². The highest BCUT2D eigenvalue weighted by Gasteiger charge is 2.51. The van der Waals surface area contributed by atoms with Gasteiger partial charge in [0.15, 0.2) is 6.10 Å². The number of aliphatic hydroxyl groups is 1. The van der Waals surface area contributed by atoms with Crippen molar-refractivity contribution in [3.63, 3.8) is 0 Å². The van der Waals surface area contributed by atoms with E-state index in [4.69, 9.17) is 14.2 Å². The number of nitrogens with zero attached hydrogens (tertiary/aromatic N) is 1. The molecule has 2 aliphatic rings. The summed E-state index contributed by atoms with van der Waals surface area (Å²) in [6.45, 7) is -0.564. The fourth-order valence-corrected chi connectivity index (χ4v) is 4.46. The molecule has 0 bridgehead atoms. The van der Waals surface area contributed by atoms with Crippen molar-refractivity contribution in [2.45, 2.75) is 24.4 Å². The Kier molecular flexibility index (Phi) is 6.80. The third-order valence-corrected chi connectivity index (χ3v) is 6.38. The maximum absolute atomic E-state index is 13.1. The summed E-state index contributed by atoms with van der Waals surface area (Å²) >= 11 is 0. The van der Waals surface area contributed by atoms with Crippen LogP contribution in [-0.2, 0) is 14.2 Å². The smallest absolute Gasteiger partial charge is 0.338 e. The second-order valence-corrected chi connectivity index (χ2v) is 8.66. The van der Waals surface area contributed by atoms with Gasteiger partial charge >= 0.3 is 11.9 Å². The van der Waals surface area contributed by atoms with Crippen LogP contribution in [-0.4, -0.2) is 71.3 Å². The van der Waals surface area contributed by atoms with E-state index in [0.29, 0.717) is 5.56 Å². The minimum Gasteiger partial charge on any atom is -0.459 e. The minimum absolute atomic E-state index is 0.217. The number of ether oxygens (including phenoxy) is 3. The van der Waals surface area contributed by atoms with Crippen LogP contribution in [0.15, 0.2) is 84.9 Å². The zero-order valence-electron chi connectivity index (χ0n) is 19.6. The molecule has 1 N–H and O–H groups in total. The van der Waals surface area contributed by atoms with Crippen LogP contribution in [0.2, 0.25) is 0 Å². The average molecular weight is 501 g/mol. The highest BCUT2D eigenvalue weighted by atomic mass is 16.6. The molecule has 2 heterocycles. The van der Waals surface area contributed by atoms with E-state index >= 15 is 0 Å². The zero-order chi connectivity index (χ0) is 25.9. The molecule has 0 unspecified atom stereocenters. The summed E-state index contributed by atoms with van der Waals surface area (Å²) in [5.74, 6) is -2.50. The first-order chi connectivity index (χ1) is 18.0. The molecule has 9 heteroatoms. The Balaban J connectivity index is 1.38. The van der Waals surface area contributed by atoms with Gasteiger partial charge in [-0.1, -0.05) is 48.5 Å². The number of fused-ring (bicyclic) bond motifs is 1. The van der Waals surface area contributed by atoms with Crippen LogP contribution in [0.1, 0.15) is 41.4 Å². The molecule has 0 saturated carbocycles. The van der Waals surface area contributed by atoms with E-state index in [2.05, 4.69) is 0 Å². The molecule has 4 atom stereocenters. The lowest BCUT2D eigenvalue weighted by Gasteiger charge is -2.42. The number of amides is 2. The summed E-state index contributed by atoms with van der Waals surface area (Å²) in [6.07, 6.45) is -3.89. The van der Waals surface area contributed by atoms with Crippen LogP contribution < -0.4 is 0 Å². The van der Waals surface area contributed by atoms with Crippen molar-refractivity contribution in [1.29, 1.82) is 0 Å². The van der Waals surface area contributed by atoms with E-state index in [0.717, 1.165) is 4.90 Å². The third kappa shape index (κ3) is 4.74. The number of carbonyl (C=O) groups excluding carboxylic acids is 4. The normalized spacial score (nSPS) is 22.9. The van der Waals surface area contributed by atoms with Gasteiger partial charge in [-0.05, 0) is 36.4 Å². The number of hydrogen-bond acceptors (Lipinski definition) is 8. The summed E-state index contributed by atoms with van der Waals surface area (Å²) in [5.41, 5.74) is 0.987. The predicted octanol–water partition coefficient (Wildman–Crippen LogP) is 2.49. The van der Waals surface area contributed by atoms with Crippen molar-refractivity contribution in [1.82, 2.24) is 4.90 Å². The van der Waals surface area contributed by atoms with Crippen LogP contribution in [0.25, 0.3) is 0 Å². The van der Waals surface area contributed by atoms with Crippen LogP contribution in [0.3, 0.4) is 0 Å². The number of rotatable bonds is 6. The van der Waals surface area contributed by atoms with Crippen molar-refractivity contribution in [3.8, 4) is 0 Å². The van der Waals surface area contributed by atoms with Crippen LogP contribution in [0, 0.1) is 0 Å².